The maximum absolute atomic E-state index is 12.9. The van der Waals surface area contributed by atoms with E-state index >= 15 is 0 Å². The summed E-state index contributed by atoms with van der Waals surface area (Å²) in [4.78, 5) is 31.8. The average molecular weight is 458 g/mol. The average Bonchev–Trinajstić information content (AvgIpc) is 3.70. The summed E-state index contributed by atoms with van der Waals surface area (Å²) in [6.07, 6.45) is 5.13. The van der Waals surface area contributed by atoms with Crippen molar-refractivity contribution in [3.05, 3.63) is 65.7 Å². The summed E-state index contributed by atoms with van der Waals surface area (Å²) in [7, 11) is 0. The minimum atomic E-state index is 0.0977. The predicted molar refractivity (Wildman–Crippen MR) is 137 cm³/mol. The number of hydrogen-bond donors (Lipinski definition) is 0. The zero-order chi connectivity index (χ0) is 23.8. The van der Waals surface area contributed by atoms with Gasteiger partial charge in [0.05, 0.1) is 6.54 Å². The van der Waals surface area contributed by atoms with Crippen LogP contribution in [0.4, 0.5) is 5.69 Å². The molecular weight excluding hydrogens is 422 g/mol. The molecule has 0 spiro atoms. The molecular formula is C29H35N3O2. The third kappa shape index (κ3) is 6.71. The third-order valence-corrected chi connectivity index (χ3v) is 6.59. The van der Waals surface area contributed by atoms with Crippen LogP contribution in [-0.2, 0) is 4.79 Å². The number of carbonyl (C=O) groups excluding carboxylic acids is 2. The number of hydrogen-bond acceptors (Lipinski definition) is 3. The van der Waals surface area contributed by atoms with Crippen LogP contribution in [0.2, 0.25) is 0 Å². The largest absolute Gasteiger partial charge is 0.336 e. The number of nitrogens with zero attached hydrogens (tertiary/aromatic N) is 3. The first kappa shape index (κ1) is 24.0. The second-order valence-corrected chi connectivity index (χ2v) is 9.33. The zero-order valence-corrected chi connectivity index (χ0v) is 20.2. The van der Waals surface area contributed by atoms with Crippen molar-refractivity contribution in [2.75, 3.05) is 44.2 Å². The Bertz CT molecular complexity index is 1010. The molecule has 4 rings (SSSR count). The molecule has 5 heteroatoms. The van der Waals surface area contributed by atoms with Gasteiger partial charge in [-0.3, -0.25) is 14.5 Å². The van der Waals surface area contributed by atoms with Crippen molar-refractivity contribution in [3.8, 4) is 11.8 Å². The van der Waals surface area contributed by atoms with E-state index in [1.165, 1.54) is 19.4 Å². The first-order chi connectivity index (χ1) is 16.6. The lowest BCUT2D eigenvalue weighted by atomic mass is 10.1. The molecule has 1 saturated carbocycles. The fraction of sp³-hybridized carbons (Fsp3) is 0.448. The highest BCUT2D eigenvalue weighted by atomic mass is 16.2. The molecule has 0 radical (unpaired) electrons. The summed E-state index contributed by atoms with van der Waals surface area (Å²) in [6, 6.07) is 17.2. The topological polar surface area (TPSA) is 43.9 Å². The normalized spacial score (nSPS) is 16.0. The van der Waals surface area contributed by atoms with Gasteiger partial charge in [-0.2, -0.15) is 0 Å². The van der Waals surface area contributed by atoms with E-state index in [1.807, 2.05) is 59.5 Å². The molecule has 2 amide bonds. The number of para-hydroxylation sites is 1. The summed E-state index contributed by atoms with van der Waals surface area (Å²) >= 11 is 0. The summed E-state index contributed by atoms with van der Waals surface area (Å²) < 4.78 is 0. The van der Waals surface area contributed by atoms with Crippen molar-refractivity contribution >= 4 is 17.5 Å². The van der Waals surface area contributed by atoms with Crippen LogP contribution in [0.5, 0.6) is 0 Å². The Morgan fingerprint density at radius 1 is 0.971 bits per heavy atom. The van der Waals surface area contributed by atoms with Gasteiger partial charge in [0.15, 0.2) is 0 Å². The smallest absolute Gasteiger partial charge is 0.253 e. The van der Waals surface area contributed by atoms with E-state index in [-0.39, 0.29) is 11.8 Å². The van der Waals surface area contributed by atoms with Gasteiger partial charge >= 0.3 is 0 Å². The Balaban J connectivity index is 1.33. The van der Waals surface area contributed by atoms with E-state index in [1.54, 1.807) is 4.90 Å². The van der Waals surface area contributed by atoms with Crippen molar-refractivity contribution in [3.63, 3.8) is 0 Å². The summed E-state index contributed by atoms with van der Waals surface area (Å²) in [5, 5.41) is 0. The zero-order valence-electron chi connectivity index (χ0n) is 20.2. The van der Waals surface area contributed by atoms with Gasteiger partial charge in [-0.05, 0) is 61.6 Å². The lowest BCUT2D eigenvalue weighted by molar-refractivity contribution is -0.118. The molecule has 0 bridgehead atoms. The van der Waals surface area contributed by atoms with Crippen LogP contribution in [0.15, 0.2) is 54.6 Å². The Morgan fingerprint density at radius 2 is 1.68 bits per heavy atom. The number of carbonyl (C=O) groups is 2. The quantitative estimate of drug-likeness (QED) is 0.551. The lowest BCUT2D eigenvalue weighted by Gasteiger charge is -2.34. The van der Waals surface area contributed by atoms with Gasteiger partial charge in [-0.25, -0.2) is 0 Å². The molecule has 5 nitrogen and oxygen atoms in total. The molecule has 1 aliphatic heterocycles. The maximum atomic E-state index is 12.9. The fourth-order valence-electron chi connectivity index (χ4n) is 4.29. The van der Waals surface area contributed by atoms with Gasteiger partial charge < -0.3 is 9.80 Å². The van der Waals surface area contributed by atoms with Crippen LogP contribution in [-0.4, -0.2) is 60.9 Å². The SMILES string of the molecule is CCCCC(=O)N(CC#Cc1ccc(C(=O)N2CCN(CC3CC3)CC2)cc1)c1ccccc1. The summed E-state index contributed by atoms with van der Waals surface area (Å²) in [5.41, 5.74) is 2.43. The molecule has 1 heterocycles. The minimum absolute atomic E-state index is 0.0977. The lowest BCUT2D eigenvalue weighted by Crippen LogP contribution is -2.49. The van der Waals surface area contributed by atoms with E-state index in [4.69, 9.17) is 0 Å². The van der Waals surface area contributed by atoms with E-state index in [0.717, 1.165) is 56.2 Å². The van der Waals surface area contributed by atoms with Gasteiger partial charge in [0, 0.05) is 56.0 Å². The Kier molecular flexibility index (Phi) is 8.38. The van der Waals surface area contributed by atoms with Crippen molar-refractivity contribution in [1.82, 2.24) is 9.80 Å². The van der Waals surface area contributed by atoms with Crippen LogP contribution < -0.4 is 4.90 Å². The number of amides is 2. The van der Waals surface area contributed by atoms with Gasteiger partial charge in [0.25, 0.3) is 5.91 Å². The second-order valence-electron chi connectivity index (χ2n) is 9.33. The highest BCUT2D eigenvalue weighted by Gasteiger charge is 2.27. The summed E-state index contributed by atoms with van der Waals surface area (Å²) in [5.74, 6) is 7.40. The highest BCUT2D eigenvalue weighted by molar-refractivity contribution is 5.94. The van der Waals surface area contributed by atoms with Crippen molar-refractivity contribution in [2.24, 2.45) is 5.92 Å². The molecule has 1 aliphatic carbocycles. The van der Waals surface area contributed by atoms with Crippen molar-refractivity contribution in [1.29, 1.82) is 0 Å². The highest BCUT2D eigenvalue weighted by Crippen LogP contribution is 2.30. The van der Waals surface area contributed by atoms with Crippen molar-refractivity contribution < 1.29 is 9.59 Å². The molecule has 178 valence electrons. The third-order valence-electron chi connectivity index (χ3n) is 6.59. The Morgan fingerprint density at radius 3 is 2.32 bits per heavy atom. The molecule has 0 aromatic heterocycles. The number of piperazine rings is 1. The molecule has 1 saturated heterocycles. The fourth-order valence-corrected chi connectivity index (χ4v) is 4.29. The number of rotatable bonds is 8. The van der Waals surface area contributed by atoms with E-state index in [9.17, 15) is 9.59 Å². The Hall–Kier alpha value is -3.10. The van der Waals surface area contributed by atoms with Crippen molar-refractivity contribution in [2.45, 2.75) is 39.0 Å². The molecule has 0 N–H and O–H groups in total. The number of anilines is 1. The number of benzene rings is 2. The summed E-state index contributed by atoms with van der Waals surface area (Å²) in [6.45, 7) is 7.17. The molecule has 0 unspecified atom stereocenters. The first-order valence-electron chi connectivity index (χ1n) is 12.6. The minimum Gasteiger partial charge on any atom is -0.336 e. The van der Waals surface area contributed by atoms with Gasteiger partial charge in [-0.1, -0.05) is 43.4 Å². The molecule has 0 atom stereocenters. The predicted octanol–water partition coefficient (Wildman–Crippen LogP) is 4.43. The Labute approximate surface area is 203 Å². The molecule has 2 aromatic carbocycles. The molecule has 2 aliphatic rings. The number of unbranched alkanes of at least 4 members (excludes halogenated alkanes) is 1. The van der Waals surface area contributed by atoms with Gasteiger partial charge in [-0.15, -0.1) is 0 Å². The van der Waals surface area contributed by atoms with Crippen LogP contribution in [0, 0.1) is 17.8 Å². The second kappa shape index (κ2) is 11.9. The first-order valence-corrected chi connectivity index (χ1v) is 12.6. The molecule has 34 heavy (non-hydrogen) atoms. The van der Waals surface area contributed by atoms with E-state index in [0.29, 0.717) is 18.5 Å². The molecule has 2 fully saturated rings. The van der Waals surface area contributed by atoms with Crippen LogP contribution in [0.1, 0.15) is 54.9 Å². The monoisotopic (exact) mass is 457 g/mol. The van der Waals surface area contributed by atoms with Crippen LogP contribution in [0.3, 0.4) is 0 Å². The van der Waals surface area contributed by atoms with Gasteiger partial charge in [0.2, 0.25) is 5.91 Å². The standard InChI is InChI=1S/C29H35N3O2/c1-2-3-11-28(33)32(27-9-5-4-6-10-27)18-7-8-24-14-16-26(17-15-24)29(34)31-21-19-30(20-22-31)23-25-12-13-25/h4-6,9-10,14-17,25H,2-3,11-13,18-23H2,1H3. The maximum Gasteiger partial charge on any atom is 0.253 e. The van der Waals surface area contributed by atoms with Gasteiger partial charge in [0.1, 0.15) is 0 Å². The van der Waals surface area contributed by atoms with Crippen LogP contribution in [0.25, 0.3) is 0 Å². The molecule has 2 aromatic rings. The van der Waals surface area contributed by atoms with Crippen LogP contribution >= 0.6 is 0 Å². The van der Waals surface area contributed by atoms with E-state index < -0.39 is 0 Å². The van der Waals surface area contributed by atoms with E-state index in [2.05, 4.69) is 23.7 Å².